The zero-order valence-electron chi connectivity index (χ0n) is 20.4. The number of aromatic amines is 2. The van der Waals surface area contributed by atoms with Crippen LogP contribution < -0.4 is 0 Å². The van der Waals surface area contributed by atoms with Gasteiger partial charge in [-0.15, -0.1) is 0 Å². The fourth-order valence-electron chi connectivity index (χ4n) is 5.47. The Morgan fingerprint density at radius 1 is 0.784 bits per heavy atom. The molecule has 1 saturated carbocycles. The van der Waals surface area contributed by atoms with E-state index in [1.807, 2.05) is 49.1 Å². The third kappa shape index (κ3) is 4.14. The summed E-state index contributed by atoms with van der Waals surface area (Å²) in [4.78, 5) is 26.5. The zero-order chi connectivity index (χ0) is 24.6. The molecule has 8 nitrogen and oxygen atoms in total. The number of rotatable bonds is 5. The van der Waals surface area contributed by atoms with E-state index in [1.165, 1.54) is 37.7 Å². The summed E-state index contributed by atoms with van der Waals surface area (Å²) >= 11 is 0. The molecular weight excluding hydrogens is 460 g/mol. The monoisotopic (exact) mass is 486 g/mol. The number of hydrogen-bond acceptors (Lipinski definition) is 6. The van der Waals surface area contributed by atoms with Crippen molar-refractivity contribution in [2.75, 3.05) is 0 Å². The number of nitrogens with zero attached hydrogens (tertiary/aromatic N) is 6. The zero-order valence-corrected chi connectivity index (χ0v) is 20.4. The van der Waals surface area contributed by atoms with Gasteiger partial charge in [-0.2, -0.15) is 5.10 Å². The summed E-state index contributed by atoms with van der Waals surface area (Å²) in [5.41, 5.74) is 9.03. The number of nitrogens with one attached hydrogen (secondary N) is 2. The third-order valence-electron chi connectivity index (χ3n) is 7.34. The van der Waals surface area contributed by atoms with E-state index >= 15 is 0 Å². The van der Waals surface area contributed by atoms with Gasteiger partial charge < -0.3 is 4.98 Å². The van der Waals surface area contributed by atoms with Crippen molar-refractivity contribution < 1.29 is 0 Å². The lowest BCUT2D eigenvalue weighted by Gasteiger charge is -2.21. The first-order valence-electron chi connectivity index (χ1n) is 12.9. The summed E-state index contributed by atoms with van der Waals surface area (Å²) in [6.45, 7) is 0. The van der Waals surface area contributed by atoms with Gasteiger partial charge in [-0.3, -0.25) is 20.1 Å². The van der Waals surface area contributed by atoms with Crippen molar-refractivity contribution >= 4 is 22.1 Å². The summed E-state index contributed by atoms with van der Waals surface area (Å²) in [5.74, 6) is 1.41. The highest BCUT2D eigenvalue weighted by molar-refractivity contribution is 5.95. The van der Waals surface area contributed by atoms with E-state index in [4.69, 9.17) is 9.97 Å². The lowest BCUT2D eigenvalue weighted by atomic mass is 9.85. The maximum Gasteiger partial charge on any atom is 0.161 e. The van der Waals surface area contributed by atoms with Crippen molar-refractivity contribution in [3.63, 3.8) is 0 Å². The molecule has 7 rings (SSSR count). The summed E-state index contributed by atoms with van der Waals surface area (Å²) in [6.07, 6.45) is 18.9. The fraction of sp³-hybridized carbons (Fsp3) is 0.241. The Balaban J connectivity index is 1.26. The van der Waals surface area contributed by atoms with E-state index in [-0.39, 0.29) is 0 Å². The van der Waals surface area contributed by atoms with Crippen LogP contribution in [0.15, 0.2) is 67.5 Å². The Morgan fingerprint density at radius 2 is 1.68 bits per heavy atom. The van der Waals surface area contributed by atoms with Crippen molar-refractivity contribution in [1.29, 1.82) is 0 Å². The van der Waals surface area contributed by atoms with Gasteiger partial charge in [0.05, 0.1) is 22.9 Å². The molecule has 0 spiro atoms. The van der Waals surface area contributed by atoms with Crippen LogP contribution in [-0.2, 0) is 6.42 Å². The van der Waals surface area contributed by atoms with Crippen molar-refractivity contribution in [3.05, 3.63) is 73.1 Å². The van der Waals surface area contributed by atoms with Crippen molar-refractivity contribution in [1.82, 2.24) is 40.1 Å². The van der Waals surface area contributed by atoms with Gasteiger partial charge in [-0.1, -0.05) is 38.2 Å². The van der Waals surface area contributed by atoms with Crippen molar-refractivity contribution in [2.45, 2.75) is 38.5 Å². The molecule has 6 aromatic rings. The van der Waals surface area contributed by atoms with Crippen molar-refractivity contribution in [2.24, 2.45) is 5.92 Å². The summed E-state index contributed by atoms with van der Waals surface area (Å²) in [6, 6.07) is 10.2. The predicted molar refractivity (Wildman–Crippen MR) is 144 cm³/mol. The summed E-state index contributed by atoms with van der Waals surface area (Å²) in [7, 11) is 0. The van der Waals surface area contributed by atoms with Gasteiger partial charge in [0.2, 0.25) is 0 Å². The average molecular weight is 487 g/mol. The van der Waals surface area contributed by atoms with Crippen LogP contribution in [-0.4, -0.2) is 40.1 Å². The third-order valence-corrected chi connectivity index (χ3v) is 7.34. The molecule has 0 atom stereocenters. The lowest BCUT2D eigenvalue weighted by Crippen LogP contribution is -2.09. The Morgan fingerprint density at radius 3 is 2.57 bits per heavy atom. The van der Waals surface area contributed by atoms with Crippen LogP contribution in [0.4, 0.5) is 0 Å². The lowest BCUT2D eigenvalue weighted by molar-refractivity contribution is 0.356. The molecule has 0 saturated heterocycles. The van der Waals surface area contributed by atoms with Gasteiger partial charge in [-0.05, 0) is 42.2 Å². The van der Waals surface area contributed by atoms with Gasteiger partial charge >= 0.3 is 0 Å². The van der Waals surface area contributed by atoms with E-state index in [0.717, 1.165) is 56.8 Å². The molecule has 1 fully saturated rings. The minimum absolute atomic E-state index is 0.646. The van der Waals surface area contributed by atoms with Crippen LogP contribution in [0.2, 0.25) is 0 Å². The number of hydrogen-bond donors (Lipinski definition) is 2. The number of imidazole rings is 1. The first kappa shape index (κ1) is 21.8. The van der Waals surface area contributed by atoms with Gasteiger partial charge in [0, 0.05) is 47.7 Å². The fourth-order valence-corrected chi connectivity index (χ4v) is 5.47. The normalized spacial score (nSPS) is 14.5. The molecular formula is C29H26N8. The Bertz CT molecular complexity index is 1700. The maximum absolute atomic E-state index is 5.00. The van der Waals surface area contributed by atoms with Gasteiger partial charge in [-0.25, -0.2) is 9.97 Å². The average Bonchev–Trinajstić information content (AvgIpc) is 3.58. The Hall–Kier alpha value is -4.46. The van der Waals surface area contributed by atoms with Crippen LogP contribution in [0.3, 0.4) is 0 Å². The minimum Gasteiger partial charge on any atom is -0.335 e. The Kier molecular flexibility index (Phi) is 5.42. The van der Waals surface area contributed by atoms with Crippen LogP contribution in [0.25, 0.3) is 56.0 Å². The second-order valence-electron chi connectivity index (χ2n) is 9.87. The van der Waals surface area contributed by atoms with E-state index in [1.54, 1.807) is 12.4 Å². The number of fused-ring (bicyclic) bond motifs is 2. The smallest absolute Gasteiger partial charge is 0.161 e. The predicted octanol–water partition coefficient (Wildman–Crippen LogP) is 6.14. The largest absolute Gasteiger partial charge is 0.335 e. The van der Waals surface area contributed by atoms with Crippen LogP contribution in [0.5, 0.6) is 0 Å². The minimum atomic E-state index is 0.646. The molecule has 0 amide bonds. The SMILES string of the molecule is c1cncc(-c2cncc3[nH]c(-c4n[nH]c5ccc(-c6cncc(CC7CCCCC7)c6)nc45)nc23)c1. The highest BCUT2D eigenvalue weighted by Crippen LogP contribution is 2.32. The van der Waals surface area contributed by atoms with Crippen LogP contribution in [0, 0.1) is 5.92 Å². The topological polar surface area (TPSA) is 109 Å². The highest BCUT2D eigenvalue weighted by Gasteiger charge is 2.18. The Labute approximate surface area is 213 Å². The molecule has 0 radical (unpaired) electrons. The standard InChI is InChI=1S/C29H26N8/c1-2-5-18(6-3-1)11-19-12-21(15-31-13-19)23-8-9-24-27(33-23)28(37-36-24)29-34-25-17-32-16-22(26(25)35-29)20-7-4-10-30-14-20/h4,7-10,12-18H,1-3,5-6,11H2,(H,34,35)(H,36,37). The van der Waals surface area contributed by atoms with Crippen LogP contribution in [0.1, 0.15) is 37.7 Å². The molecule has 37 heavy (non-hydrogen) atoms. The summed E-state index contributed by atoms with van der Waals surface area (Å²) < 4.78 is 0. The maximum atomic E-state index is 5.00. The van der Waals surface area contributed by atoms with Gasteiger partial charge in [0.1, 0.15) is 11.0 Å². The molecule has 182 valence electrons. The molecule has 2 N–H and O–H groups in total. The molecule has 0 unspecified atom stereocenters. The highest BCUT2D eigenvalue weighted by atomic mass is 15.1. The second-order valence-corrected chi connectivity index (χ2v) is 9.87. The molecule has 1 aliphatic carbocycles. The molecule has 1 aliphatic rings. The van der Waals surface area contributed by atoms with E-state index in [0.29, 0.717) is 11.5 Å². The van der Waals surface area contributed by atoms with E-state index < -0.39 is 0 Å². The second kappa shape index (κ2) is 9.20. The number of aromatic nitrogens is 8. The van der Waals surface area contributed by atoms with E-state index in [2.05, 4.69) is 36.2 Å². The first-order chi connectivity index (χ1) is 18.3. The first-order valence-corrected chi connectivity index (χ1v) is 12.9. The molecule has 6 aromatic heterocycles. The molecule has 8 heteroatoms. The van der Waals surface area contributed by atoms with E-state index in [9.17, 15) is 0 Å². The van der Waals surface area contributed by atoms with Gasteiger partial charge in [0.15, 0.2) is 11.5 Å². The molecule has 0 bridgehead atoms. The van der Waals surface area contributed by atoms with Gasteiger partial charge in [0.25, 0.3) is 0 Å². The van der Waals surface area contributed by atoms with Crippen molar-refractivity contribution in [3.8, 4) is 33.9 Å². The quantitative estimate of drug-likeness (QED) is 0.303. The van der Waals surface area contributed by atoms with Crippen LogP contribution >= 0.6 is 0 Å². The number of pyridine rings is 4. The molecule has 6 heterocycles. The molecule has 0 aliphatic heterocycles. The molecule has 0 aromatic carbocycles. The summed E-state index contributed by atoms with van der Waals surface area (Å²) in [5, 5.41) is 7.67. The number of H-pyrrole nitrogens is 2.